The number of nitrogens with zero attached hydrogens (tertiary/aromatic N) is 3. The predicted molar refractivity (Wildman–Crippen MR) is 150 cm³/mol. The topological polar surface area (TPSA) is 54.8 Å². The molecular formula is C31H29F2N3O3. The zero-order valence-electron chi connectivity index (χ0n) is 22.1. The highest BCUT2D eigenvalue weighted by molar-refractivity contribution is 5.96. The van der Waals surface area contributed by atoms with Crippen LogP contribution in [0, 0.1) is 25.5 Å². The minimum atomic E-state index is -0.632. The van der Waals surface area contributed by atoms with Crippen molar-refractivity contribution < 1.29 is 18.3 Å². The van der Waals surface area contributed by atoms with Gasteiger partial charge in [0.25, 0.3) is 5.56 Å². The third-order valence-corrected chi connectivity index (χ3v) is 7.32. The Labute approximate surface area is 225 Å². The lowest BCUT2D eigenvalue weighted by Crippen LogP contribution is -2.48. The van der Waals surface area contributed by atoms with Gasteiger partial charge >= 0.3 is 0 Å². The number of halogens is 2. The van der Waals surface area contributed by atoms with Gasteiger partial charge in [-0.15, -0.1) is 0 Å². The van der Waals surface area contributed by atoms with Crippen molar-refractivity contribution >= 4 is 22.5 Å². The normalized spacial score (nSPS) is 13.6. The van der Waals surface area contributed by atoms with E-state index in [2.05, 4.69) is 6.58 Å². The van der Waals surface area contributed by atoms with Gasteiger partial charge in [0.1, 0.15) is 17.4 Å². The summed E-state index contributed by atoms with van der Waals surface area (Å²) in [7, 11) is 1.43. The van der Waals surface area contributed by atoms with E-state index in [1.54, 1.807) is 21.6 Å². The molecule has 1 aliphatic rings. The van der Waals surface area contributed by atoms with Crippen LogP contribution in [0.15, 0.2) is 72.0 Å². The summed E-state index contributed by atoms with van der Waals surface area (Å²) in [4.78, 5) is 29.5. The summed E-state index contributed by atoms with van der Waals surface area (Å²) in [6.07, 6.45) is 1.28. The highest BCUT2D eigenvalue weighted by Gasteiger charge is 2.25. The maximum atomic E-state index is 15.8. The number of amides is 1. The summed E-state index contributed by atoms with van der Waals surface area (Å²) in [5, 5.41) is 0.524. The largest absolute Gasteiger partial charge is 0.497 e. The van der Waals surface area contributed by atoms with Gasteiger partial charge < -0.3 is 14.5 Å². The van der Waals surface area contributed by atoms with Crippen molar-refractivity contribution in [2.75, 3.05) is 38.2 Å². The summed E-state index contributed by atoms with van der Waals surface area (Å²) in [5.41, 5.74) is 3.32. The van der Waals surface area contributed by atoms with E-state index in [0.717, 1.165) is 11.1 Å². The van der Waals surface area contributed by atoms with Gasteiger partial charge in [-0.3, -0.25) is 14.2 Å². The van der Waals surface area contributed by atoms with E-state index in [-0.39, 0.29) is 22.6 Å². The van der Waals surface area contributed by atoms with Crippen LogP contribution in [0.5, 0.6) is 5.75 Å². The maximum Gasteiger partial charge on any atom is 0.257 e. The average Bonchev–Trinajstić information content (AvgIpc) is 2.93. The molecule has 0 unspecified atom stereocenters. The standard InChI is InChI=1S/C31H29F2N3O3/c1-5-29(37)35-13-11-34(12-14-35)27-18-30(38)36(31-19(2)7-6-8-20(31)3)28-17-23(26(33)16-24(27)28)22-10-9-21(39-4)15-25(22)32/h5-10,15-18H,1,11-14H2,2-4H3. The second kappa shape index (κ2) is 10.4. The third-order valence-electron chi connectivity index (χ3n) is 7.32. The van der Waals surface area contributed by atoms with Gasteiger partial charge in [0, 0.05) is 54.8 Å². The van der Waals surface area contributed by atoms with Gasteiger partial charge in [-0.25, -0.2) is 8.78 Å². The van der Waals surface area contributed by atoms with Crippen LogP contribution in [0.4, 0.5) is 14.5 Å². The molecule has 0 N–H and O–H groups in total. The smallest absolute Gasteiger partial charge is 0.257 e. The number of fused-ring (bicyclic) bond motifs is 1. The Hall–Kier alpha value is -4.46. The number of hydrogen-bond donors (Lipinski definition) is 0. The second-order valence-electron chi connectivity index (χ2n) is 9.66. The Morgan fingerprint density at radius 2 is 1.59 bits per heavy atom. The van der Waals surface area contributed by atoms with Crippen LogP contribution in [0.1, 0.15) is 11.1 Å². The van der Waals surface area contributed by atoms with Crippen molar-refractivity contribution in [1.82, 2.24) is 9.47 Å². The number of hydrogen-bond acceptors (Lipinski definition) is 4. The molecule has 200 valence electrons. The maximum absolute atomic E-state index is 15.8. The predicted octanol–water partition coefficient (Wildman–Crippen LogP) is 5.40. The minimum Gasteiger partial charge on any atom is -0.497 e. The molecule has 39 heavy (non-hydrogen) atoms. The summed E-state index contributed by atoms with van der Waals surface area (Å²) >= 11 is 0. The number of para-hydroxylation sites is 1. The van der Waals surface area contributed by atoms with E-state index in [1.807, 2.05) is 36.9 Å². The van der Waals surface area contributed by atoms with Gasteiger partial charge in [0.05, 0.1) is 24.0 Å². The summed E-state index contributed by atoms with van der Waals surface area (Å²) in [6.45, 7) is 9.22. The fourth-order valence-electron chi connectivity index (χ4n) is 5.33. The van der Waals surface area contributed by atoms with Crippen molar-refractivity contribution in [3.8, 4) is 22.6 Å². The molecule has 0 radical (unpaired) electrons. The molecule has 1 aliphatic heterocycles. The van der Waals surface area contributed by atoms with E-state index >= 15 is 8.78 Å². The summed E-state index contributed by atoms with van der Waals surface area (Å²) in [5.74, 6) is -1.07. The van der Waals surface area contributed by atoms with Crippen LogP contribution < -0.4 is 15.2 Å². The molecule has 0 aliphatic carbocycles. The van der Waals surface area contributed by atoms with Crippen molar-refractivity contribution in [2.45, 2.75) is 13.8 Å². The van der Waals surface area contributed by atoms with Crippen LogP contribution in [-0.2, 0) is 4.79 Å². The first-order chi connectivity index (χ1) is 18.7. The Morgan fingerprint density at radius 3 is 2.21 bits per heavy atom. The Kier molecular flexibility index (Phi) is 6.95. The molecule has 0 saturated carbocycles. The number of benzene rings is 3. The molecule has 3 aromatic carbocycles. The number of anilines is 1. The molecule has 6 nitrogen and oxygen atoms in total. The molecule has 5 rings (SSSR count). The average molecular weight is 530 g/mol. The number of aryl methyl sites for hydroxylation is 2. The van der Waals surface area contributed by atoms with Gasteiger partial charge in [-0.1, -0.05) is 24.8 Å². The van der Waals surface area contributed by atoms with Gasteiger partial charge in [0.2, 0.25) is 5.91 Å². The number of ether oxygens (including phenoxy) is 1. The first-order valence-electron chi connectivity index (χ1n) is 12.7. The molecule has 1 saturated heterocycles. The molecular weight excluding hydrogens is 500 g/mol. The zero-order valence-corrected chi connectivity index (χ0v) is 22.1. The van der Waals surface area contributed by atoms with E-state index in [4.69, 9.17) is 4.74 Å². The highest BCUT2D eigenvalue weighted by Crippen LogP contribution is 2.36. The summed E-state index contributed by atoms with van der Waals surface area (Å²) < 4.78 is 37.5. The SMILES string of the molecule is C=CC(=O)N1CCN(c2cc(=O)n(-c3c(C)cccc3C)c3cc(-c4ccc(OC)cc4F)c(F)cc23)CC1. The van der Waals surface area contributed by atoms with Crippen molar-refractivity contribution in [3.63, 3.8) is 0 Å². The first-order valence-corrected chi connectivity index (χ1v) is 12.7. The van der Waals surface area contributed by atoms with Crippen LogP contribution in [0.25, 0.3) is 27.7 Å². The van der Waals surface area contributed by atoms with Crippen LogP contribution in [-0.4, -0.2) is 48.7 Å². The number of carbonyl (C=O) groups excluding carboxylic acids is 1. The zero-order chi connectivity index (χ0) is 27.8. The fraction of sp³-hybridized carbons (Fsp3) is 0.226. The number of piperazine rings is 1. The molecule has 0 bridgehead atoms. The lowest BCUT2D eigenvalue weighted by molar-refractivity contribution is -0.126. The molecule has 0 atom stereocenters. The second-order valence-corrected chi connectivity index (χ2v) is 9.66. The van der Waals surface area contributed by atoms with Gasteiger partial charge in [-0.2, -0.15) is 0 Å². The van der Waals surface area contributed by atoms with Crippen molar-refractivity contribution in [1.29, 1.82) is 0 Å². The van der Waals surface area contributed by atoms with Crippen LogP contribution in [0.2, 0.25) is 0 Å². The van der Waals surface area contributed by atoms with E-state index < -0.39 is 11.6 Å². The number of pyridine rings is 1. The number of methoxy groups -OCH3 is 1. The van der Waals surface area contributed by atoms with E-state index in [0.29, 0.717) is 54.2 Å². The molecule has 8 heteroatoms. The number of rotatable bonds is 5. The third kappa shape index (κ3) is 4.67. The molecule has 2 heterocycles. The van der Waals surface area contributed by atoms with Crippen LogP contribution >= 0.6 is 0 Å². The van der Waals surface area contributed by atoms with Crippen molar-refractivity contribution in [2.24, 2.45) is 0 Å². The lowest BCUT2D eigenvalue weighted by atomic mass is 10.00. The molecule has 4 aromatic rings. The Balaban J connectivity index is 1.76. The lowest BCUT2D eigenvalue weighted by Gasteiger charge is -2.36. The minimum absolute atomic E-state index is 0.0422. The molecule has 0 spiro atoms. The van der Waals surface area contributed by atoms with Crippen LogP contribution in [0.3, 0.4) is 0 Å². The fourth-order valence-corrected chi connectivity index (χ4v) is 5.33. The first kappa shape index (κ1) is 26.2. The Morgan fingerprint density at radius 1 is 0.923 bits per heavy atom. The monoisotopic (exact) mass is 529 g/mol. The molecule has 1 fully saturated rings. The van der Waals surface area contributed by atoms with Gasteiger partial charge in [-0.05, 0) is 55.3 Å². The van der Waals surface area contributed by atoms with E-state index in [9.17, 15) is 9.59 Å². The quantitative estimate of drug-likeness (QED) is 0.325. The number of carbonyl (C=O) groups is 1. The summed E-state index contributed by atoms with van der Waals surface area (Å²) in [6, 6.07) is 14.4. The molecule has 1 amide bonds. The van der Waals surface area contributed by atoms with E-state index in [1.165, 1.54) is 37.5 Å². The number of aromatic nitrogens is 1. The Bertz CT molecular complexity index is 1650. The highest BCUT2D eigenvalue weighted by atomic mass is 19.1. The molecule has 1 aromatic heterocycles. The van der Waals surface area contributed by atoms with Crippen molar-refractivity contribution in [3.05, 3.63) is 100 Å². The van der Waals surface area contributed by atoms with Gasteiger partial charge in [0.15, 0.2) is 0 Å².